The van der Waals surface area contributed by atoms with Crippen molar-refractivity contribution in [2.75, 3.05) is 0 Å². The van der Waals surface area contributed by atoms with Crippen molar-refractivity contribution in [3.8, 4) is 0 Å². The third kappa shape index (κ3) is 2.42. The molecule has 14 heavy (non-hydrogen) atoms. The topological polar surface area (TPSA) is 38.0 Å². The summed E-state index contributed by atoms with van der Waals surface area (Å²) in [6, 6.07) is -0.739. The van der Waals surface area contributed by atoms with E-state index in [1.54, 1.807) is 0 Å². The van der Waals surface area contributed by atoms with Gasteiger partial charge in [0.05, 0.1) is 11.6 Å². The predicted octanol–water partition coefficient (Wildman–Crippen LogP) is 2.05. The fourth-order valence-electron chi connectivity index (χ4n) is 1.02. The van der Waals surface area contributed by atoms with E-state index in [1.165, 1.54) is 6.08 Å². The maximum atomic E-state index is 12.2. The standard InChI is InChI=1S/C7H7Cl2F3N2/c8-6(9)3-4(7(10,11)12)1-2-5(6)14-13/h1-3,5,14H,13H2. The molecule has 80 valence electrons. The van der Waals surface area contributed by atoms with E-state index in [2.05, 4.69) is 5.43 Å². The Labute approximate surface area is 88.5 Å². The number of rotatable bonds is 1. The molecule has 0 heterocycles. The van der Waals surface area contributed by atoms with E-state index in [0.717, 1.165) is 12.2 Å². The van der Waals surface area contributed by atoms with Gasteiger partial charge >= 0.3 is 6.18 Å². The molecule has 0 radical (unpaired) electrons. The van der Waals surface area contributed by atoms with E-state index >= 15 is 0 Å². The zero-order valence-corrected chi connectivity index (χ0v) is 8.29. The van der Waals surface area contributed by atoms with Crippen LogP contribution in [0.15, 0.2) is 23.8 Å². The number of alkyl halides is 5. The normalized spacial score (nSPS) is 26.1. The van der Waals surface area contributed by atoms with Crippen LogP contribution in [0.25, 0.3) is 0 Å². The minimum Gasteiger partial charge on any atom is -0.271 e. The lowest BCUT2D eigenvalue weighted by Gasteiger charge is -2.28. The lowest BCUT2D eigenvalue weighted by Crippen LogP contribution is -2.46. The van der Waals surface area contributed by atoms with Crippen molar-refractivity contribution >= 4 is 23.2 Å². The van der Waals surface area contributed by atoms with Crippen LogP contribution in [0, 0.1) is 0 Å². The lowest BCUT2D eigenvalue weighted by molar-refractivity contribution is -0.0887. The average Bonchev–Trinajstić information content (AvgIpc) is 2.00. The number of allylic oxidation sites excluding steroid dienone is 2. The molecule has 0 aromatic heterocycles. The van der Waals surface area contributed by atoms with Gasteiger partial charge in [-0.15, -0.1) is 0 Å². The first-order valence-corrected chi connectivity index (χ1v) is 4.35. The van der Waals surface area contributed by atoms with Crippen LogP contribution in [-0.4, -0.2) is 16.6 Å². The van der Waals surface area contributed by atoms with Crippen LogP contribution in [0.1, 0.15) is 0 Å². The molecule has 0 saturated carbocycles. The summed E-state index contributed by atoms with van der Waals surface area (Å²) in [5.74, 6) is 5.05. The number of hydrazine groups is 1. The fraction of sp³-hybridized carbons (Fsp3) is 0.429. The van der Waals surface area contributed by atoms with E-state index in [4.69, 9.17) is 29.0 Å². The van der Waals surface area contributed by atoms with Crippen molar-refractivity contribution in [1.29, 1.82) is 0 Å². The van der Waals surface area contributed by atoms with E-state index in [1.807, 2.05) is 0 Å². The van der Waals surface area contributed by atoms with Gasteiger partial charge < -0.3 is 0 Å². The molecule has 1 unspecified atom stereocenters. The summed E-state index contributed by atoms with van der Waals surface area (Å²) in [7, 11) is 0. The molecule has 2 nitrogen and oxygen atoms in total. The first kappa shape index (κ1) is 11.8. The third-order valence-electron chi connectivity index (χ3n) is 1.74. The highest BCUT2D eigenvalue weighted by Gasteiger charge is 2.40. The Morgan fingerprint density at radius 1 is 1.43 bits per heavy atom. The van der Waals surface area contributed by atoms with Gasteiger partial charge in [-0.25, -0.2) is 0 Å². The summed E-state index contributed by atoms with van der Waals surface area (Å²) in [5, 5.41) is 0. The second-order valence-corrected chi connectivity index (χ2v) is 4.22. The Hall–Kier alpha value is -0.230. The summed E-state index contributed by atoms with van der Waals surface area (Å²) in [4.78, 5) is 0. The maximum absolute atomic E-state index is 12.2. The van der Waals surface area contributed by atoms with Crippen LogP contribution in [-0.2, 0) is 0 Å². The molecule has 1 rings (SSSR count). The molecule has 0 bridgehead atoms. The van der Waals surface area contributed by atoms with Crippen molar-refractivity contribution in [3.63, 3.8) is 0 Å². The lowest BCUT2D eigenvalue weighted by atomic mass is 10.0. The summed E-state index contributed by atoms with van der Waals surface area (Å²) >= 11 is 11.3. The smallest absolute Gasteiger partial charge is 0.271 e. The van der Waals surface area contributed by atoms with E-state index in [9.17, 15) is 13.2 Å². The molecular formula is C7H7Cl2F3N2. The summed E-state index contributed by atoms with van der Waals surface area (Å²) in [5.41, 5.74) is 1.32. The molecule has 0 fully saturated rings. The zero-order valence-electron chi connectivity index (χ0n) is 6.78. The molecule has 0 saturated heterocycles. The van der Waals surface area contributed by atoms with Gasteiger partial charge in [0.25, 0.3) is 0 Å². The summed E-state index contributed by atoms with van der Waals surface area (Å²) in [6.45, 7) is 0. The molecule has 1 aliphatic rings. The minimum atomic E-state index is -4.45. The van der Waals surface area contributed by atoms with E-state index in [-0.39, 0.29) is 0 Å². The second kappa shape index (κ2) is 3.73. The highest BCUT2D eigenvalue weighted by molar-refractivity contribution is 6.50. The van der Waals surface area contributed by atoms with Gasteiger partial charge in [-0.2, -0.15) is 13.2 Å². The average molecular weight is 247 g/mol. The Kier molecular flexibility index (Phi) is 3.16. The SMILES string of the molecule is NNC1C=CC(C(F)(F)F)=CC1(Cl)Cl. The quantitative estimate of drug-likeness (QED) is 0.422. The Balaban J connectivity index is 2.97. The fourth-order valence-corrected chi connectivity index (χ4v) is 1.52. The number of nitrogens with one attached hydrogen (secondary N) is 1. The third-order valence-corrected chi connectivity index (χ3v) is 2.43. The van der Waals surface area contributed by atoms with Crippen molar-refractivity contribution in [1.82, 2.24) is 5.43 Å². The van der Waals surface area contributed by atoms with E-state index in [0.29, 0.717) is 0 Å². The van der Waals surface area contributed by atoms with Crippen molar-refractivity contribution in [3.05, 3.63) is 23.8 Å². The van der Waals surface area contributed by atoms with Crippen LogP contribution in [0.4, 0.5) is 13.2 Å². The van der Waals surface area contributed by atoms with Crippen molar-refractivity contribution < 1.29 is 13.2 Å². The molecule has 0 aromatic rings. The maximum Gasteiger partial charge on any atom is 0.416 e. The number of hydrogen-bond acceptors (Lipinski definition) is 2. The Bertz CT molecular complexity index is 283. The summed E-state index contributed by atoms with van der Waals surface area (Å²) < 4.78 is 35.0. The molecule has 0 aliphatic heterocycles. The van der Waals surface area contributed by atoms with E-state index < -0.39 is 22.1 Å². The van der Waals surface area contributed by atoms with Crippen LogP contribution in [0.3, 0.4) is 0 Å². The van der Waals surface area contributed by atoms with Gasteiger partial charge in [0.2, 0.25) is 0 Å². The molecule has 0 amide bonds. The molecule has 0 spiro atoms. The largest absolute Gasteiger partial charge is 0.416 e. The van der Waals surface area contributed by atoms with Gasteiger partial charge in [0, 0.05) is 0 Å². The van der Waals surface area contributed by atoms with Crippen molar-refractivity contribution in [2.24, 2.45) is 5.84 Å². The highest BCUT2D eigenvalue weighted by Crippen LogP contribution is 2.38. The van der Waals surface area contributed by atoms with Gasteiger partial charge in [0.15, 0.2) is 4.33 Å². The zero-order chi connectivity index (χ0) is 11.0. The van der Waals surface area contributed by atoms with Crippen molar-refractivity contribution in [2.45, 2.75) is 16.6 Å². The minimum absolute atomic E-state index is 0.723. The number of halogens is 5. The Morgan fingerprint density at radius 2 is 2.00 bits per heavy atom. The highest BCUT2D eigenvalue weighted by atomic mass is 35.5. The van der Waals surface area contributed by atoms with Gasteiger partial charge in [-0.05, 0) is 6.08 Å². The molecule has 3 N–H and O–H groups in total. The predicted molar refractivity (Wildman–Crippen MR) is 48.8 cm³/mol. The van der Waals surface area contributed by atoms with Crippen LogP contribution >= 0.6 is 23.2 Å². The Morgan fingerprint density at radius 3 is 2.36 bits per heavy atom. The van der Waals surface area contributed by atoms with Gasteiger partial charge in [-0.3, -0.25) is 11.3 Å². The van der Waals surface area contributed by atoms with Crippen LogP contribution in [0.5, 0.6) is 0 Å². The molecule has 1 atom stereocenters. The first-order chi connectivity index (χ1) is 6.27. The molecule has 1 aliphatic carbocycles. The molecular weight excluding hydrogens is 240 g/mol. The molecule has 7 heteroatoms. The second-order valence-electron chi connectivity index (χ2n) is 2.78. The van der Waals surface area contributed by atoms with Gasteiger partial charge in [0.1, 0.15) is 0 Å². The first-order valence-electron chi connectivity index (χ1n) is 3.59. The van der Waals surface area contributed by atoms with Gasteiger partial charge in [-0.1, -0.05) is 35.4 Å². The summed E-state index contributed by atoms with van der Waals surface area (Å²) in [6.07, 6.45) is -1.68. The van der Waals surface area contributed by atoms with Crippen LogP contribution < -0.4 is 11.3 Å². The van der Waals surface area contributed by atoms with Crippen LogP contribution in [0.2, 0.25) is 0 Å². The molecule has 0 aromatic carbocycles. The monoisotopic (exact) mass is 246 g/mol. The number of hydrogen-bond donors (Lipinski definition) is 2. The number of nitrogens with two attached hydrogens (primary N) is 1.